The van der Waals surface area contributed by atoms with Crippen LogP contribution in [0.25, 0.3) is 0 Å². The standard InChI is InChI=1S/C18H24O3S/c1-12(2)21-17-9-4-3-8-16(17)18(19)13-10-14-6-5-7-15(11-13)22(14)20/h3-4,8-9,12-15H,5-7,10-11H2,1-2H3. The number of Topliss-reactive ketones (excluding diaryl/α,β-unsaturated/α-hetero) is 1. The van der Waals surface area contributed by atoms with E-state index in [0.717, 1.165) is 32.1 Å². The molecule has 3 rings (SSSR count). The molecule has 2 bridgehead atoms. The van der Waals surface area contributed by atoms with Crippen molar-refractivity contribution in [2.24, 2.45) is 5.92 Å². The van der Waals surface area contributed by atoms with E-state index in [2.05, 4.69) is 0 Å². The highest BCUT2D eigenvalue weighted by Crippen LogP contribution is 2.39. The van der Waals surface area contributed by atoms with Gasteiger partial charge in [0.05, 0.1) is 11.7 Å². The highest BCUT2D eigenvalue weighted by Gasteiger charge is 2.41. The molecule has 2 fully saturated rings. The number of hydrogen-bond acceptors (Lipinski definition) is 3. The number of carbonyl (C=O) groups is 1. The Hall–Kier alpha value is -1.16. The Morgan fingerprint density at radius 2 is 1.82 bits per heavy atom. The minimum atomic E-state index is -0.728. The third kappa shape index (κ3) is 3.12. The number of fused-ring (bicyclic) bond motifs is 2. The molecule has 2 unspecified atom stereocenters. The fourth-order valence-corrected chi connectivity index (χ4v) is 5.88. The van der Waals surface area contributed by atoms with Gasteiger partial charge in [0.2, 0.25) is 0 Å². The third-order valence-corrected chi connectivity index (χ3v) is 6.86. The topological polar surface area (TPSA) is 43.4 Å². The lowest BCUT2D eigenvalue weighted by Crippen LogP contribution is -2.41. The highest BCUT2D eigenvalue weighted by atomic mass is 32.2. The van der Waals surface area contributed by atoms with Crippen LogP contribution in [0.15, 0.2) is 24.3 Å². The Morgan fingerprint density at radius 3 is 2.45 bits per heavy atom. The molecule has 1 aromatic rings. The second-order valence-electron chi connectivity index (χ2n) is 6.70. The monoisotopic (exact) mass is 320 g/mol. The van der Waals surface area contributed by atoms with Crippen LogP contribution in [0, 0.1) is 5.92 Å². The molecule has 2 aliphatic rings. The number of benzene rings is 1. The number of carbonyl (C=O) groups excluding carboxylic acids is 1. The van der Waals surface area contributed by atoms with E-state index >= 15 is 0 Å². The second kappa shape index (κ2) is 6.53. The van der Waals surface area contributed by atoms with Crippen molar-refractivity contribution in [3.05, 3.63) is 29.8 Å². The van der Waals surface area contributed by atoms with Gasteiger partial charge in [-0.15, -0.1) is 0 Å². The van der Waals surface area contributed by atoms with Gasteiger partial charge in [-0.05, 0) is 51.7 Å². The lowest BCUT2D eigenvalue weighted by atomic mass is 9.84. The second-order valence-corrected chi connectivity index (χ2v) is 8.69. The molecule has 4 heteroatoms. The maximum atomic E-state index is 13.0. The summed E-state index contributed by atoms with van der Waals surface area (Å²) in [4.78, 5) is 13.0. The summed E-state index contributed by atoms with van der Waals surface area (Å²) < 4.78 is 18.1. The molecule has 22 heavy (non-hydrogen) atoms. The highest BCUT2D eigenvalue weighted by molar-refractivity contribution is 7.86. The van der Waals surface area contributed by atoms with Crippen molar-refractivity contribution in [2.45, 2.75) is 62.6 Å². The van der Waals surface area contributed by atoms with Gasteiger partial charge in [0.15, 0.2) is 5.78 Å². The van der Waals surface area contributed by atoms with Gasteiger partial charge in [-0.3, -0.25) is 9.00 Å². The summed E-state index contributed by atoms with van der Waals surface area (Å²) in [6.07, 6.45) is 4.78. The van der Waals surface area contributed by atoms with E-state index in [1.165, 1.54) is 0 Å². The molecule has 0 amide bonds. The molecule has 0 aliphatic carbocycles. The van der Waals surface area contributed by atoms with Crippen LogP contribution in [0.3, 0.4) is 0 Å². The van der Waals surface area contributed by atoms with Crippen LogP contribution in [0.4, 0.5) is 0 Å². The third-order valence-electron chi connectivity index (χ3n) is 4.69. The minimum Gasteiger partial charge on any atom is -0.490 e. The maximum Gasteiger partial charge on any atom is 0.169 e. The Kier molecular flexibility index (Phi) is 4.67. The molecule has 0 saturated carbocycles. The Labute approximate surface area is 134 Å². The summed E-state index contributed by atoms with van der Waals surface area (Å²) >= 11 is 0. The van der Waals surface area contributed by atoms with E-state index in [0.29, 0.717) is 11.3 Å². The van der Waals surface area contributed by atoms with Crippen LogP contribution >= 0.6 is 0 Å². The van der Waals surface area contributed by atoms with Crippen LogP contribution in [0.2, 0.25) is 0 Å². The summed E-state index contributed by atoms with van der Waals surface area (Å²) in [5.74, 6) is 0.856. The van der Waals surface area contributed by atoms with Crippen molar-refractivity contribution in [3.63, 3.8) is 0 Å². The molecule has 2 atom stereocenters. The molecule has 0 radical (unpaired) electrons. The van der Waals surface area contributed by atoms with E-state index in [1.807, 2.05) is 38.1 Å². The Bertz CT molecular complexity index is 565. The van der Waals surface area contributed by atoms with Gasteiger partial charge in [-0.2, -0.15) is 0 Å². The number of hydrogen-bond donors (Lipinski definition) is 0. The van der Waals surface area contributed by atoms with Gasteiger partial charge in [0, 0.05) is 27.2 Å². The number of ether oxygens (including phenoxy) is 1. The van der Waals surface area contributed by atoms with Crippen molar-refractivity contribution >= 4 is 16.6 Å². The van der Waals surface area contributed by atoms with Crippen LogP contribution in [-0.4, -0.2) is 26.6 Å². The lowest BCUT2D eigenvalue weighted by Gasteiger charge is -2.37. The van der Waals surface area contributed by atoms with E-state index in [-0.39, 0.29) is 28.3 Å². The first-order chi connectivity index (χ1) is 10.6. The number of para-hydroxylation sites is 1. The zero-order valence-electron chi connectivity index (χ0n) is 13.3. The fraction of sp³-hybridized carbons (Fsp3) is 0.611. The minimum absolute atomic E-state index is 0.00455. The number of ketones is 1. The lowest BCUT2D eigenvalue weighted by molar-refractivity contribution is 0.0889. The van der Waals surface area contributed by atoms with Gasteiger partial charge in [-0.1, -0.05) is 18.6 Å². The van der Waals surface area contributed by atoms with Crippen LogP contribution in [0.1, 0.15) is 56.3 Å². The van der Waals surface area contributed by atoms with Gasteiger partial charge in [0.1, 0.15) is 5.75 Å². The fourth-order valence-electron chi connectivity index (χ4n) is 3.69. The van der Waals surface area contributed by atoms with Crippen molar-refractivity contribution in [1.82, 2.24) is 0 Å². The zero-order chi connectivity index (χ0) is 15.7. The first-order valence-corrected chi connectivity index (χ1v) is 9.53. The molecule has 120 valence electrons. The Morgan fingerprint density at radius 1 is 1.18 bits per heavy atom. The molecule has 3 nitrogen and oxygen atoms in total. The first kappa shape index (κ1) is 15.7. The summed E-state index contributed by atoms with van der Waals surface area (Å²) in [6, 6.07) is 7.53. The molecule has 1 aromatic carbocycles. The summed E-state index contributed by atoms with van der Waals surface area (Å²) in [5.41, 5.74) is 0.687. The molecule has 0 N–H and O–H groups in total. The average Bonchev–Trinajstić information content (AvgIpc) is 2.46. The summed E-state index contributed by atoms with van der Waals surface area (Å²) in [6.45, 7) is 3.94. The molecule has 0 spiro atoms. The molecule has 2 heterocycles. The van der Waals surface area contributed by atoms with E-state index in [9.17, 15) is 9.00 Å². The summed E-state index contributed by atoms with van der Waals surface area (Å²) in [5, 5.41) is 0.444. The molecular formula is C18H24O3S. The molecule has 2 saturated heterocycles. The predicted molar refractivity (Wildman–Crippen MR) is 88.8 cm³/mol. The SMILES string of the molecule is CC(C)Oc1ccccc1C(=O)C1CC2CCCC(C1)S2=O. The van der Waals surface area contributed by atoms with Crippen LogP contribution in [-0.2, 0) is 10.8 Å². The van der Waals surface area contributed by atoms with Crippen molar-refractivity contribution in [2.75, 3.05) is 0 Å². The number of rotatable bonds is 4. The van der Waals surface area contributed by atoms with Gasteiger partial charge < -0.3 is 4.74 Å². The molecular weight excluding hydrogens is 296 g/mol. The molecule has 0 aromatic heterocycles. The van der Waals surface area contributed by atoms with E-state index < -0.39 is 10.8 Å². The largest absolute Gasteiger partial charge is 0.490 e. The van der Waals surface area contributed by atoms with Crippen molar-refractivity contribution < 1.29 is 13.7 Å². The smallest absolute Gasteiger partial charge is 0.169 e. The summed E-state index contributed by atoms with van der Waals surface area (Å²) in [7, 11) is -0.728. The molecule has 2 aliphatic heterocycles. The first-order valence-electron chi connectivity index (χ1n) is 8.25. The van der Waals surface area contributed by atoms with Crippen molar-refractivity contribution in [1.29, 1.82) is 0 Å². The van der Waals surface area contributed by atoms with Gasteiger partial charge in [-0.25, -0.2) is 0 Å². The van der Waals surface area contributed by atoms with Gasteiger partial charge >= 0.3 is 0 Å². The van der Waals surface area contributed by atoms with E-state index in [4.69, 9.17) is 4.74 Å². The predicted octanol–water partition coefficient (Wildman–Crippen LogP) is 3.74. The quantitative estimate of drug-likeness (QED) is 0.794. The maximum absolute atomic E-state index is 13.0. The van der Waals surface area contributed by atoms with E-state index in [1.54, 1.807) is 0 Å². The normalized spacial score (nSPS) is 31.0. The zero-order valence-corrected chi connectivity index (χ0v) is 14.1. The van der Waals surface area contributed by atoms with Crippen LogP contribution in [0.5, 0.6) is 5.75 Å². The Balaban J connectivity index is 1.81. The van der Waals surface area contributed by atoms with Crippen LogP contribution < -0.4 is 4.74 Å². The average molecular weight is 320 g/mol. The van der Waals surface area contributed by atoms with Crippen molar-refractivity contribution in [3.8, 4) is 5.75 Å². The van der Waals surface area contributed by atoms with Gasteiger partial charge in [0.25, 0.3) is 0 Å².